The van der Waals surface area contributed by atoms with E-state index in [0.717, 1.165) is 18.4 Å². The smallest absolute Gasteiger partial charge is 0.307 e. The summed E-state index contributed by atoms with van der Waals surface area (Å²) in [7, 11) is 0. The fourth-order valence-corrected chi connectivity index (χ4v) is 2.86. The van der Waals surface area contributed by atoms with Gasteiger partial charge in [0.05, 0.1) is 5.92 Å². The molecule has 0 spiro atoms. The molecular weight excluding hydrogens is 212 g/mol. The fraction of sp³-hybridized carbons (Fsp3) is 0.533. The van der Waals surface area contributed by atoms with Crippen LogP contribution in [0, 0.1) is 11.8 Å². The van der Waals surface area contributed by atoms with Crippen molar-refractivity contribution in [2.45, 2.75) is 38.5 Å². The highest BCUT2D eigenvalue weighted by molar-refractivity contribution is 5.70. The van der Waals surface area contributed by atoms with Crippen molar-refractivity contribution in [3.63, 3.8) is 0 Å². The SMILES string of the molecule is O=C(O)C(Cc1ccccc1)C1CCCCC1. The van der Waals surface area contributed by atoms with Crippen molar-refractivity contribution in [1.82, 2.24) is 0 Å². The lowest BCUT2D eigenvalue weighted by Gasteiger charge is -2.27. The third kappa shape index (κ3) is 3.32. The maximum atomic E-state index is 11.4. The van der Waals surface area contributed by atoms with Crippen molar-refractivity contribution >= 4 is 5.97 Å². The van der Waals surface area contributed by atoms with E-state index >= 15 is 0 Å². The first-order valence-corrected chi connectivity index (χ1v) is 6.54. The van der Waals surface area contributed by atoms with E-state index in [1.165, 1.54) is 19.3 Å². The third-order valence-electron chi connectivity index (χ3n) is 3.83. The second-order valence-corrected chi connectivity index (χ2v) is 5.03. The van der Waals surface area contributed by atoms with Gasteiger partial charge in [-0.25, -0.2) is 0 Å². The summed E-state index contributed by atoms with van der Waals surface area (Å²) in [5.41, 5.74) is 1.14. The van der Waals surface area contributed by atoms with Gasteiger partial charge in [0, 0.05) is 0 Å². The Balaban J connectivity index is 2.04. The molecule has 0 aromatic heterocycles. The van der Waals surface area contributed by atoms with Gasteiger partial charge in [-0.3, -0.25) is 4.79 Å². The summed E-state index contributed by atoms with van der Waals surface area (Å²) in [5, 5.41) is 9.39. The predicted molar refractivity (Wildman–Crippen MR) is 67.8 cm³/mol. The van der Waals surface area contributed by atoms with Crippen LogP contribution in [0.4, 0.5) is 0 Å². The molecular formula is C15H20O2. The molecule has 0 aliphatic heterocycles. The zero-order chi connectivity index (χ0) is 12.1. The van der Waals surface area contributed by atoms with Crippen LogP contribution in [0.15, 0.2) is 30.3 Å². The van der Waals surface area contributed by atoms with Gasteiger partial charge in [0.15, 0.2) is 0 Å². The zero-order valence-corrected chi connectivity index (χ0v) is 10.1. The lowest BCUT2D eigenvalue weighted by Crippen LogP contribution is -2.27. The number of carbonyl (C=O) groups is 1. The van der Waals surface area contributed by atoms with Crippen LogP contribution < -0.4 is 0 Å². The first-order chi connectivity index (χ1) is 8.27. The topological polar surface area (TPSA) is 37.3 Å². The first-order valence-electron chi connectivity index (χ1n) is 6.54. The van der Waals surface area contributed by atoms with Crippen molar-refractivity contribution in [2.24, 2.45) is 11.8 Å². The minimum absolute atomic E-state index is 0.197. The molecule has 1 atom stereocenters. The summed E-state index contributed by atoms with van der Waals surface area (Å²) >= 11 is 0. The molecule has 1 fully saturated rings. The Morgan fingerprint density at radius 2 is 1.82 bits per heavy atom. The highest BCUT2D eigenvalue weighted by Crippen LogP contribution is 2.32. The van der Waals surface area contributed by atoms with Crippen molar-refractivity contribution in [2.75, 3.05) is 0 Å². The molecule has 17 heavy (non-hydrogen) atoms. The van der Waals surface area contributed by atoms with Gasteiger partial charge in [-0.1, -0.05) is 49.6 Å². The van der Waals surface area contributed by atoms with E-state index in [2.05, 4.69) is 0 Å². The number of benzene rings is 1. The van der Waals surface area contributed by atoms with E-state index in [1.807, 2.05) is 30.3 Å². The second kappa shape index (κ2) is 5.85. The second-order valence-electron chi connectivity index (χ2n) is 5.03. The van der Waals surface area contributed by atoms with Gasteiger partial charge in [0.1, 0.15) is 0 Å². The monoisotopic (exact) mass is 232 g/mol. The molecule has 0 amide bonds. The quantitative estimate of drug-likeness (QED) is 0.862. The van der Waals surface area contributed by atoms with Crippen LogP contribution in [0.1, 0.15) is 37.7 Å². The first kappa shape index (κ1) is 12.2. The molecule has 0 radical (unpaired) electrons. The number of hydrogen-bond donors (Lipinski definition) is 1. The molecule has 1 unspecified atom stereocenters. The van der Waals surface area contributed by atoms with E-state index in [4.69, 9.17) is 0 Å². The Labute approximate surface area is 103 Å². The molecule has 1 aliphatic carbocycles. The van der Waals surface area contributed by atoms with E-state index in [0.29, 0.717) is 12.3 Å². The van der Waals surface area contributed by atoms with Gasteiger partial charge in [-0.2, -0.15) is 0 Å². The van der Waals surface area contributed by atoms with E-state index in [-0.39, 0.29) is 5.92 Å². The van der Waals surface area contributed by atoms with Crippen molar-refractivity contribution in [3.8, 4) is 0 Å². The van der Waals surface area contributed by atoms with Gasteiger partial charge < -0.3 is 5.11 Å². The molecule has 1 aliphatic rings. The summed E-state index contributed by atoms with van der Waals surface area (Å²) < 4.78 is 0. The number of carboxylic acid groups (broad SMARTS) is 1. The molecule has 2 nitrogen and oxygen atoms in total. The third-order valence-corrected chi connectivity index (χ3v) is 3.83. The minimum Gasteiger partial charge on any atom is -0.481 e. The highest BCUT2D eigenvalue weighted by Gasteiger charge is 2.29. The van der Waals surface area contributed by atoms with E-state index in [1.54, 1.807) is 0 Å². The molecule has 1 saturated carbocycles. The number of hydrogen-bond acceptors (Lipinski definition) is 1. The maximum absolute atomic E-state index is 11.4. The van der Waals surface area contributed by atoms with E-state index in [9.17, 15) is 9.90 Å². The number of aliphatic carboxylic acids is 1. The molecule has 1 aromatic carbocycles. The van der Waals surface area contributed by atoms with Gasteiger partial charge in [0.25, 0.3) is 0 Å². The number of rotatable bonds is 4. The summed E-state index contributed by atoms with van der Waals surface area (Å²) in [6.45, 7) is 0. The summed E-state index contributed by atoms with van der Waals surface area (Å²) in [6, 6.07) is 9.99. The average Bonchev–Trinajstić information content (AvgIpc) is 2.38. The maximum Gasteiger partial charge on any atom is 0.307 e. The van der Waals surface area contributed by atoms with Crippen LogP contribution >= 0.6 is 0 Å². The fourth-order valence-electron chi connectivity index (χ4n) is 2.86. The van der Waals surface area contributed by atoms with Crippen LogP contribution in [0.5, 0.6) is 0 Å². The molecule has 2 rings (SSSR count). The molecule has 2 heteroatoms. The average molecular weight is 232 g/mol. The molecule has 1 aromatic rings. The molecule has 92 valence electrons. The summed E-state index contributed by atoms with van der Waals surface area (Å²) in [5.74, 6) is -0.445. The zero-order valence-electron chi connectivity index (χ0n) is 10.1. The molecule has 0 saturated heterocycles. The molecule has 1 N–H and O–H groups in total. The van der Waals surface area contributed by atoms with Gasteiger partial charge in [-0.05, 0) is 30.7 Å². The van der Waals surface area contributed by atoms with Crippen LogP contribution in [0.25, 0.3) is 0 Å². The Kier molecular flexibility index (Phi) is 4.18. The van der Waals surface area contributed by atoms with E-state index < -0.39 is 5.97 Å². The van der Waals surface area contributed by atoms with Gasteiger partial charge in [0.2, 0.25) is 0 Å². The highest BCUT2D eigenvalue weighted by atomic mass is 16.4. The standard InChI is InChI=1S/C15H20O2/c16-15(17)14(13-9-5-2-6-10-13)11-12-7-3-1-4-8-12/h1,3-4,7-8,13-14H,2,5-6,9-11H2,(H,16,17). The Bertz CT molecular complexity index is 352. The van der Waals surface area contributed by atoms with Crippen LogP contribution in [0.3, 0.4) is 0 Å². The Morgan fingerprint density at radius 3 is 2.41 bits per heavy atom. The Morgan fingerprint density at radius 1 is 1.18 bits per heavy atom. The lowest BCUT2D eigenvalue weighted by molar-refractivity contribution is -0.144. The van der Waals surface area contributed by atoms with Crippen molar-refractivity contribution in [1.29, 1.82) is 0 Å². The molecule has 0 bridgehead atoms. The van der Waals surface area contributed by atoms with Gasteiger partial charge in [-0.15, -0.1) is 0 Å². The minimum atomic E-state index is -0.624. The molecule has 0 heterocycles. The van der Waals surface area contributed by atoms with Crippen LogP contribution in [-0.2, 0) is 11.2 Å². The largest absolute Gasteiger partial charge is 0.481 e. The Hall–Kier alpha value is -1.31. The number of carboxylic acids is 1. The van der Waals surface area contributed by atoms with Crippen molar-refractivity contribution < 1.29 is 9.90 Å². The lowest BCUT2D eigenvalue weighted by atomic mass is 9.77. The normalized spacial score (nSPS) is 18.8. The summed E-state index contributed by atoms with van der Waals surface area (Å²) in [4.78, 5) is 11.4. The summed E-state index contributed by atoms with van der Waals surface area (Å²) in [6.07, 6.45) is 6.52. The predicted octanol–water partition coefficient (Wildman–Crippen LogP) is 3.51. The van der Waals surface area contributed by atoms with Gasteiger partial charge >= 0.3 is 5.97 Å². The van der Waals surface area contributed by atoms with Crippen molar-refractivity contribution in [3.05, 3.63) is 35.9 Å². The van der Waals surface area contributed by atoms with Crippen LogP contribution in [-0.4, -0.2) is 11.1 Å². The van der Waals surface area contributed by atoms with Crippen LogP contribution in [0.2, 0.25) is 0 Å².